The molecule has 0 saturated heterocycles. The van der Waals surface area contributed by atoms with Gasteiger partial charge in [-0.15, -0.1) is 11.3 Å². The van der Waals surface area contributed by atoms with Gasteiger partial charge < -0.3 is 9.84 Å². The number of halogens is 1. The third-order valence-corrected chi connectivity index (χ3v) is 8.58. The molecule has 0 spiro atoms. The maximum atomic E-state index is 13.4. The van der Waals surface area contributed by atoms with E-state index < -0.39 is 22.0 Å². The highest BCUT2D eigenvalue weighted by atomic mass is 35.5. The van der Waals surface area contributed by atoms with E-state index in [0.29, 0.717) is 16.5 Å². The van der Waals surface area contributed by atoms with E-state index in [1.54, 1.807) is 44.4 Å². The van der Waals surface area contributed by atoms with Crippen LogP contribution < -0.4 is 9.04 Å². The summed E-state index contributed by atoms with van der Waals surface area (Å²) in [6.45, 7) is 7.44. The molecule has 0 radical (unpaired) electrons. The van der Waals surface area contributed by atoms with E-state index in [4.69, 9.17) is 21.4 Å². The molecule has 0 unspecified atom stereocenters. The van der Waals surface area contributed by atoms with E-state index in [1.165, 1.54) is 16.6 Å². The fourth-order valence-corrected chi connectivity index (χ4v) is 6.08. The van der Waals surface area contributed by atoms with Gasteiger partial charge in [-0.05, 0) is 62.1 Å². The summed E-state index contributed by atoms with van der Waals surface area (Å²) in [5, 5.41) is 10.9. The van der Waals surface area contributed by atoms with Crippen LogP contribution in [0.5, 0.6) is 5.75 Å². The SMILES string of the molecule is Cc1cc(N(C(C)C)S(=O)(=O)c2nccs2)c(OCc2ccc(/C=C/C(=O)O)cc2C)cc1Cl. The Hall–Kier alpha value is -2.88. The fourth-order valence-electron chi connectivity index (χ4n) is 3.35. The second kappa shape index (κ2) is 10.6. The van der Waals surface area contributed by atoms with Crippen molar-refractivity contribution < 1.29 is 23.1 Å². The standard InChI is InChI=1S/C24H25ClN2O5S2/c1-15(2)27(34(30,31)24-26-9-10-33-24)21-12-17(4)20(25)13-22(21)32-14-19-7-5-18(11-16(19)3)6-8-23(28)29/h5-13,15H,14H2,1-4H3,(H,28,29)/b8-6+. The minimum atomic E-state index is -3.91. The molecule has 3 rings (SSSR count). The van der Waals surface area contributed by atoms with Gasteiger partial charge in [0, 0.05) is 34.8 Å². The van der Waals surface area contributed by atoms with Gasteiger partial charge in [0.1, 0.15) is 12.4 Å². The number of benzene rings is 2. The first-order valence-electron chi connectivity index (χ1n) is 10.4. The molecule has 0 aliphatic carbocycles. The number of sulfonamides is 1. The predicted molar refractivity (Wildman–Crippen MR) is 135 cm³/mol. The Kier molecular flexibility index (Phi) is 8.01. The number of thiazole rings is 1. The largest absolute Gasteiger partial charge is 0.487 e. The molecule has 3 aromatic rings. The van der Waals surface area contributed by atoms with Crippen molar-refractivity contribution in [3.8, 4) is 5.75 Å². The molecule has 7 nitrogen and oxygen atoms in total. The van der Waals surface area contributed by atoms with E-state index >= 15 is 0 Å². The molecule has 34 heavy (non-hydrogen) atoms. The van der Waals surface area contributed by atoms with Crippen LogP contribution in [0.25, 0.3) is 6.08 Å². The summed E-state index contributed by atoms with van der Waals surface area (Å²) in [6, 6.07) is 8.42. The van der Waals surface area contributed by atoms with Crippen molar-refractivity contribution in [1.82, 2.24) is 4.98 Å². The fraction of sp³-hybridized carbons (Fsp3) is 0.250. The number of aromatic nitrogens is 1. The lowest BCUT2D eigenvalue weighted by Crippen LogP contribution is -2.37. The number of carboxylic acids is 1. The number of carboxylic acid groups (broad SMARTS) is 1. The zero-order valence-corrected chi connectivity index (χ0v) is 21.5. The van der Waals surface area contributed by atoms with E-state index in [-0.39, 0.29) is 10.9 Å². The quantitative estimate of drug-likeness (QED) is 0.364. The zero-order valence-electron chi connectivity index (χ0n) is 19.1. The maximum Gasteiger partial charge on any atom is 0.328 e. The highest BCUT2D eigenvalue weighted by molar-refractivity contribution is 7.94. The Bertz CT molecular complexity index is 1320. The number of carbonyl (C=O) groups is 1. The van der Waals surface area contributed by atoms with Crippen LogP contribution >= 0.6 is 22.9 Å². The lowest BCUT2D eigenvalue weighted by atomic mass is 10.1. The summed E-state index contributed by atoms with van der Waals surface area (Å²) in [5.74, 6) is -0.685. The average molecular weight is 521 g/mol. The average Bonchev–Trinajstić information content (AvgIpc) is 3.30. The number of ether oxygens (including phenoxy) is 1. The third-order valence-electron chi connectivity index (χ3n) is 5.00. The van der Waals surface area contributed by atoms with Gasteiger partial charge in [0.15, 0.2) is 0 Å². The topological polar surface area (TPSA) is 96.8 Å². The molecule has 0 amide bonds. The third kappa shape index (κ3) is 5.78. The maximum absolute atomic E-state index is 13.4. The summed E-state index contributed by atoms with van der Waals surface area (Å²) in [6.07, 6.45) is 4.05. The molecule has 0 aliphatic heterocycles. The van der Waals surface area contributed by atoms with Crippen molar-refractivity contribution in [2.45, 2.75) is 44.7 Å². The summed E-state index contributed by atoms with van der Waals surface area (Å²) < 4.78 is 34.2. The number of anilines is 1. The molecule has 0 fully saturated rings. The number of nitrogens with zero attached hydrogens (tertiary/aromatic N) is 2. The van der Waals surface area contributed by atoms with Gasteiger partial charge in [-0.1, -0.05) is 29.8 Å². The number of hydrogen-bond donors (Lipinski definition) is 1. The van der Waals surface area contributed by atoms with Crippen LogP contribution in [0.3, 0.4) is 0 Å². The lowest BCUT2D eigenvalue weighted by Gasteiger charge is -2.29. The second-order valence-corrected chi connectivity index (χ2v) is 11.2. The van der Waals surface area contributed by atoms with Crippen molar-refractivity contribution in [1.29, 1.82) is 0 Å². The van der Waals surface area contributed by atoms with Crippen molar-refractivity contribution in [2.75, 3.05) is 4.31 Å². The Labute approximate surface area is 208 Å². The van der Waals surface area contributed by atoms with Crippen molar-refractivity contribution in [3.05, 3.63) is 75.3 Å². The molecule has 0 bridgehead atoms. The van der Waals surface area contributed by atoms with Gasteiger partial charge in [-0.2, -0.15) is 8.42 Å². The van der Waals surface area contributed by atoms with Crippen LogP contribution in [0.15, 0.2) is 52.3 Å². The Morgan fingerprint density at radius 3 is 2.56 bits per heavy atom. The highest BCUT2D eigenvalue weighted by Gasteiger charge is 2.32. The van der Waals surface area contributed by atoms with E-state index in [0.717, 1.165) is 39.7 Å². The van der Waals surface area contributed by atoms with Gasteiger partial charge in [0.2, 0.25) is 4.34 Å². The highest BCUT2D eigenvalue weighted by Crippen LogP contribution is 2.39. The number of aliphatic carboxylic acids is 1. The number of aryl methyl sites for hydroxylation is 2. The first-order chi connectivity index (χ1) is 16.0. The second-order valence-electron chi connectivity index (χ2n) is 7.91. The minimum Gasteiger partial charge on any atom is -0.487 e. The Balaban J connectivity index is 1.97. The summed E-state index contributed by atoms with van der Waals surface area (Å²) in [5.41, 5.74) is 3.63. The number of rotatable bonds is 9. The Morgan fingerprint density at radius 2 is 1.97 bits per heavy atom. The van der Waals surface area contributed by atoms with Crippen molar-refractivity contribution in [2.24, 2.45) is 0 Å². The van der Waals surface area contributed by atoms with Crippen LogP contribution in [0.2, 0.25) is 5.02 Å². The first-order valence-corrected chi connectivity index (χ1v) is 13.1. The van der Waals surface area contributed by atoms with E-state index in [1.807, 2.05) is 19.1 Å². The Morgan fingerprint density at radius 1 is 1.24 bits per heavy atom. The van der Waals surface area contributed by atoms with Gasteiger partial charge in [-0.3, -0.25) is 4.31 Å². The van der Waals surface area contributed by atoms with Gasteiger partial charge in [-0.25, -0.2) is 9.78 Å². The van der Waals surface area contributed by atoms with Crippen LogP contribution in [0, 0.1) is 13.8 Å². The monoisotopic (exact) mass is 520 g/mol. The van der Waals surface area contributed by atoms with E-state index in [9.17, 15) is 13.2 Å². The molecule has 1 heterocycles. The normalized spacial score (nSPS) is 11.8. The molecule has 10 heteroatoms. The van der Waals surface area contributed by atoms with Gasteiger partial charge in [0.05, 0.1) is 5.69 Å². The molecule has 0 atom stereocenters. The molecular weight excluding hydrogens is 496 g/mol. The summed E-state index contributed by atoms with van der Waals surface area (Å²) in [7, 11) is -3.91. The lowest BCUT2D eigenvalue weighted by molar-refractivity contribution is -0.131. The smallest absolute Gasteiger partial charge is 0.328 e. The molecule has 1 aromatic heterocycles. The van der Waals surface area contributed by atoms with Crippen LogP contribution in [-0.2, 0) is 21.4 Å². The van der Waals surface area contributed by atoms with Crippen molar-refractivity contribution >= 4 is 50.7 Å². The van der Waals surface area contributed by atoms with Gasteiger partial charge >= 0.3 is 5.97 Å². The van der Waals surface area contributed by atoms with Crippen LogP contribution in [0.4, 0.5) is 5.69 Å². The molecule has 0 aliphatic rings. The molecule has 0 saturated carbocycles. The van der Waals surface area contributed by atoms with Crippen molar-refractivity contribution in [3.63, 3.8) is 0 Å². The van der Waals surface area contributed by atoms with Crippen LogP contribution in [-0.4, -0.2) is 30.5 Å². The first kappa shape index (κ1) is 25.7. The molecule has 180 valence electrons. The molecule has 1 N–H and O–H groups in total. The summed E-state index contributed by atoms with van der Waals surface area (Å²) in [4.78, 5) is 14.8. The predicted octanol–water partition coefficient (Wildman–Crippen LogP) is 5.69. The van der Waals surface area contributed by atoms with Crippen LogP contribution in [0.1, 0.15) is 36.1 Å². The number of hydrogen-bond acceptors (Lipinski definition) is 6. The molecule has 2 aromatic carbocycles. The summed E-state index contributed by atoms with van der Waals surface area (Å²) >= 11 is 7.42. The minimum absolute atomic E-state index is 0.000557. The zero-order chi connectivity index (χ0) is 25.0. The molecular formula is C24H25ClN2O5S2. The van der Waals surface area contributed by atoms with Gasteiger partial charge in [0.25, 0.3) is 10.0 Å². The van der Waals surface area contributed by atoms with E-state index in [2.05, 4.69) is 4.98 Å².